The molecule has 24 heavy (non-hydrogen) atoms. The minimum Gasteiger partial charge on any atom is -0.435 e. The molecule has 2 aromatic carbocycles. The van der Waals surface area contributed by atoms with Crippen LogP contribution in [0.25, 0.3) is 0 Å². The van der Waals surface area contributed by atoms with E-state index in [0.29, 0.717) is 17.1 Å². The number of nitrogens with one attached hydrogen (secondary N) is 2. The Morgan fingerprint density at radius 1 is 1.08 bits per heavy atom. The number of anilines is 2. The van der Waals surface area contributed by atoms with Crippen molar-refractivity contribution in [3.8, 4) is 11.5 Å². The normalized spacial score (nSPS) is 12.5. The van der Waals surface area contributed by atoms with Crippen LogP contribution in [0.4, 0.5) is 25.0 Å². The molecule has 0 aliphatic carbocycles. The summed E-state index contributed by atoms with van der Waals surface area (Å²) >= 11 is 0. The molecule has 8 heteroatoms. The summed E-state index contributed by atoms with van der Waals surface area (Å²) in [5.74, 6) is 0.0837. The van der Waals surface area contributed by atoms with E-state index in [0.717, 1.165) is 5.56 Å². The van der Waals surface area contributed by atoms with Crippen molar-refractivity contribution in [3.63, 3.8) is 0 Å². The van der Waals surface area contributed by atoms with E-state index >= 15 is 0 Å². The average molecular weight is 334 g/mol. The van der Waals surface area contributed by atoms with E-state index in [1.54, 1.807) is 18.2 Å². The fourth-order valence-corrected chi connectivity index (χ4v) is 2.20. The van der Waals surface area contributed by atoms with Crippen LogP contribution in [0.5, 0.6) is 11.5 Å². The van der Waals surface area contributed by atoms with Crippen molar-refractivity contribution in [3.05, 3.63) is 48.0 Å². The van der Waals surface area contributed by atoms with E-state index in [4.69, 9.17) is 4.74 Å². The molecule has 0 bridgehead atoms. The number of alkyl halides is 2. The zero-order valence-electron chi connectivity index (χ0n) is 12.2. The average Bonchev–Trinajstić information content (AvgIpc) is 2.88. The number of hydrogen-bond acceptors (Lipinski definition) is 4. The molecule has 0 fully saturated rings. The van der Waals surface area contributed by atoms with Crippen LogP contribution >= 0.6 is 0 Å². The number of rotatable bonds is 4. The quantitative estimate of drug-likeness (QED) is 0.664. The molecule has 124 valence electrons. The van der Waals surface area contributed by atoms with Gasteiger partial charge in [-0.05, 0) is 30.3 Å². The first-order valence-electron chi connectivity index (χ1n) is 6.96. The molecule has 0 atom stereocenters. The van der Waals surface area contributed by atoms with Crippen LogP contribution < -0.4 is 20.1 Å². The van der Waals surface area contributed by atoms with Crippen LogP contribution in [0.3, 0.4) is 0 Å². The maximum Gasteiger partial charge on any atom is 0.387 e. The lowest BCUT2D eigenvalue weighted by Gasteiger charge is -2.09. The first-order chi connectivity index (χ1) is 11.5. The van der Waals surface area contributed by atoms with E-state index in [2.05, 4.69) is 15.4 Å². The van der Waals surface area contributed by atoms with Gasteiger partial charge in [0.05, 0.1) is 6.42 Å². The Morgan fingerprint density at radius 2 is 1.75 bits per heavy atom. The summed E-state index contributed by atoms with van der Waals surface area (Å²) < 4.78 is 33.3. The van der Waals surface area contributed by atoms with Crippen molar-refractivity contribution < 1.29 is 27.8 Å². The van der Waals surface area contributed by atoms with Gasteiger partial charge < -0.3 is 20.1 Å². The Kier molecular flexibility index (Phi) is 4.28. The molecule has 0 unspecified atom stereocenters. The number of esters is 1. The van der Waals surface area contributed by atoms with Crippen molar-refractivity contribution in [1.82, 2.24) is 0 Å². The molecule has 3 rings (SSSR count). The molecule has 0 radical (unpaired) electrons. The highest BCUT2D eigenvalue weighted by Crippen LogP contribution is 2.29. The molecule has 1 aliphatic heterocycles. The minimum absolute atomic E-state index is 0.00334. The summed E-state index contributed by atoms with van der Waals surface area (Å²) in [6, 6.07) is 9.88. The molecule has 2 amide bonds. The number of halogens is 2. The van der Waals surface area contributed by atoms with Crippen LogP contribution in [0.15, 0.2) is 42.5 Å². The molecule has 1 heterocycles. The zero-order valence-corrected chi connectivity index (χ0v) is 12.2. The topological polar surface area (TPSA) is 76.7 Å². The number of carbonyl (C=O) groups excluding carboxylic acids is 2. The highest BCUT2D eigenvalue weighted by atomic mass is 19.3. The van der Waals surface area contributed by atoms with Gasteiger partial charge in [0.1, 0.15) is 11.5 Å². The van der Waals surface area contributed by atoms with E-state index in [1.807, 2.05) is 0 Å². The van der Waals surface area contributed by atoms with Crippen LogP contribution in [-0.4, -0.2) is 18.6 Å². The summed E-state index contributed by atoms with van der Waals surface area (Å²) in [6.45, 7) is -2.90. The van der Waals surface area contributed by atoms with Gasteiger partial charge in [0.2, 0.25) is 0 Å². The number of carbonyl (C=O) groups is 2. The second-order valence-electron chi connectivity index (χ2n) is 4.96. The molecule has 2 N–H and O–H groups in total. The zero-order chi connectivity index (χ0) is 17.1. The Hall–Kier alpha value is -3.16. The predicted octanol–water partition coefficient (Wildman–Crippen LogP) is 3.39. The lowest BCUT2D eigenvalue weighted by molar-refractivity contribution is -0.131. The third-order valence-electron chi connectivity index (χ3n) is 3.22. The number of ether oxygens (including phenoxy) is 2. The third kappa shape index (κ3) is 3.78. The summed E-state index contributed by atoms with van der Waals surface area (Å²) in [7, 11) is 0. The fourth-order valence-electron chi connectivity index (χ4n) is 2.20. The van der Waals surface area contributed by atoms with Crippen molar-refractivity contribution in [2.24, 2.45) is 0 Å². The minimum atomic E-state index is -2.90. The van der Waals surface area contributed by atoms with Gasteiger partial charge in [-0.3, -0.25) is 4.79 Å². The number of benzene rings is 2. The Labute approximate surface area is 135 Å². The van der Waals surface area contributed by atoms with Crippen LogP contribution in [-0.2, 0) is 11.2 Å². The van der Waals surface area contributed by atoms with E-state index in [-0.39, 0.29) is 18.1 Å². The summed E-state index contributed by atoms with van der Waals surface area (Å²) in [4.78, 5) is 23.1. The van der Waals surface area contributed by atoms with Crippen molar-refractivity contribution >= 4 is 23.4 Å². The standard InChI is InChI=1S/C16H12F2N2O4/c17-15(18)23-12-5-3-10(4-6-12)19-16(22)20-11-2-1-9-7-14(21)24-13(9)8-11/h1-6,8,15H,7H2,(H2,19,20,22). The number of urea groups is 1. The number of fused-ring (bicyclic) bond motifs is 1. The Morgan fingerprint density at radius 3 is 2.46 bits per heavy atom. The van der Waals surface area contributed by atoms with Gasteiger partial charge in [-0.2, -0.15) is 8.78 Å². The van der Waals surface area contributed by atoms with E-state index < -0.39 is 12.6 Å². The van der Waals surface area contributed by atoms with E-state index in [1.165, 1.54) is 24.3 Å². The largest absolute Gasteiger partial charge is 0.435 e. The van der Waals surface area contributed by atoms with Crippen molar-refractivity contribution in [1.29, 1.82) is 0 Å². The highest BCUT2D eigenvalue weighted by molar-refractivity contribution is 6.00. The molecule has 0 saturated carbocycles. The second kappa shape index (κ2) is 6.53. The fraction of sp³-hybridized carbons (Fsp3) is 0.125. The lowest BCUT2D eigenvalue weighted by Crippen LogP contribution is -2.19. The summed E-state index contributed by atoms with van der Waals surface area (Å²) in [6.07, 6.45) is 0.217. The summed E-state index contributed by atoms with van der Waals surface area (Å²) in [5, 5.41) is 5.14. The molecular weight excluding hydrogens is 322 g/mol. The Balaban J connectivity index is 1.60. The maximum absolute atomic E-state index is 12.1. The smallest absolute Gasteiger partial charge is 0.387 e. The van der Waals surface area contributed by atoms with Gasteiger partial charge in [-0.25, -0.2) is 4.79 Å². The third-order valence-corrected chi connectivity index (χ3v) is 3.22. The van der Waals surface area contributed by atoms with Gasteiger partial charge in [-0.15, -0.1) is 0 Å². The lowest BCUT2D eigenvalue weighted by atomic mass is 10.1. The van der Waals surface area contributed by atoms with Crippen LogP contribution in [0.2, 0.25) is 0 Å². The molecular formula is C16H12F2N2O4. The van der Waals surface area contributed by atoms with Crippen LogP contribution in [0.1, 0.15) is 5.56 Å². The highest BCUT2D eigenvalue weighted by Gasteiger charge is 2.20. The van der Waals surface area contributed by atoms with E-state index in [9.17, 15) is 18.4 Å². The maximum atomic E-state index is 12.1. The first kappa shape index (κ1) is 15.7. The molecule has 2 aromatic rings. The van der Waals surface area contributed by atoms with Gasteiger partial charge in [0, 0.05) is 23.0 Å². The summed E-state index contributed by atoms with van der Waals surface area (Å²) in [5.41, 5.74) is 1.63. The SMILES string of the molecule is O=C(Nc1ccc(OC(F)F)cc1)Nc1ccc2c(c1)OC(=O)C2. The van der Waals surface area contributed by atoms with Gasteiger partial charge in [0.15, 0.2) is 0 Å². The number of amides is 2. The van der Waals surface area contributed by atoms with Gasteiger partial charge in [0.25, 0.3) is 0 Å². The van der Waals surface area contributed by atoms with Gasteiger partial charge in [-0.1, -0.05) is 6.07 Å². The monoisotopic (exact) mass is 334 g/mol. The molecule has 0 saturated heterocycles. The number of hydrogen-bond donors (Lipinski definition) is 2. The second-order valence-corrected chi connectivity index (χ2v) is 4.96. The first-order valence-corrected chi connectivity index (χ1v) is 6.96. The molecule has 6 nitrogen and oxygen atoms in total. The van der Waals surface area contributed by atoms with Crippen LogP contribution in [0, 0.1) is 0 Å². The molecule has 0 spiro atoms. The molecule has 0 aromatic heterocycles. The van der Waals surface area contributed by atoms with Crippen molar-refractivity contribution in [2.75, 3.05) is 10.6 Å². The predicted molar refractivity (Wildman–Crippen MR) is 81.5 cm³/mol. The Bertz CT molecular complexity index is 778. The molecule has 1 aliphatic rings. The van der Waals surface area contributed by atoms with Gasteiger partial charge >= 0.3 is 18.6 Å². The van der Waals surface area contributed by atoms with Crippen molar-refractivity contribution in [2.45, 2.75) is 13.0 Å².